The molecule has 0 N–H and O–H groups in total. The normalized spacial score (nSPS) is 5.20. The van der Waals surface area contributed by atoms with E-state index in [1.807, 2.05) is 0 Å². The minimum absolute atomic E-state index is 0. The average molecular weight is 292 g/mol. The predicted molar refractivity (Wildman–Crippen MR) is 27.0 cm³/mol. The molecule has 0 rings (SSSR count). The second kappa shape index (κ2) is 5.36. The van der Waals surface area contributed by atoms with Crippen LogP contribution in [0.3, 0.4) is 0 Å². The van der Waals surface area contributed by atoms with Crippen molar-refractivity contribution in [3.8, 4) is 0 Å². The van der Waals surface area contributed by atoms with Crippen molar-refractivity contribution in [2.45, 2.75) is 0 Å². The molecule has 0 atom stereocenters. The molecule has 0 aliphatic heterocycles. The van der Waals surface area contributed by atoms with E-state index in [1.54, 1.807) is 0 Å². The van der Waals surface area contributed by atoms with Crippen molar-refractivity contribution in [2.75, 3.05) is 0 Å². The summed E-state index contributed by atoms with van der Waals surface area (Å²) in [5, 5.41) is 0. The SMILES string of the molecule is C=C(Br)Br.[Pd]. The Morgan fingerprint density at radius 3 is 1.40 bits per heavy atom. The largest absolute Gasteiger partial charge is 0.0777 e. The van der Waals surface area contributed by atoms with Crippen molar-refractivity contribution in [2.24, 2.45) is 0 Å². The molecule has 5 heavy (non-hydrogen) atoms. The third kappa shape index (κ3) is 32.7. The Labute approximate surface area is 61.9 Å². The Kier molecular flexibility index (Phi) is 10.3. The Hall–Kier alpha value is 1.36. The van der Waals surface area contributed by atoms with E-state index in [9.17, 15) is 0 Å². The smallest absolute Gasteiger partial charge is 0.0532 e. The monoisotopic (exact) mass is 290 g/mol. The fourth-order valence-electron chi connectivity index (χ4n) is 0. The van der Waals surface area contributed by atoms with E-state index in [0.717, 1.165) is 3.39 Å². The molecule has 0 radical (unpaired) electrons. The van der Waals surface area contributed by atoms with E-state index in [0.29, 0.717) is 0 Å². The first kappa shape index (κ1) is 9.61. The summed E-state index contributed by atoms with van der Waals surface area (Å²) in [6.45, 7) is 3.39. The van der Waals surface area contributed by atoms with Crippen LogP contribution in [0.4, 0.5) is 0 Å². The van der Waals surface area contributed by atoms with Crippen LogP contribution in [-0.2, 0) is 20.4 Å². The first-order valence-corrected chi connectivity index (χ1v) is 2.32. The van der Waals surface area contributed by atoms with Crippen LogP contribution in [0.1, 0.15) is 0 Å². The van der Waals surface area contributed by atoms with Gasteiger partial charge in [-0.25, -0.2) is 0 Å². The summed E-state index contributed by atoms with van der Waals surface area (Å²) in [7, 11) is 0. The Bertz CT molecular complexity index is 30.6. The van der Waals surface area contributed by atoms with Gasteiger partial charge in [0, 0.05) is 20.4 Å². The number of hydrogen-bond donors (Lipinski definition) is 0. The standard InChI is InChI=1S/C2H2Br2.Pd/c1-2(3)4;/h1H2;. The van der Waals surface area contributed by atoms with Gasteiger partial charge in [-0.1, -0.05) is 6.58 Å². The van der Waals surface area contributed by atoms with E-state index in [4.69, 9.17) is 0 Å². The molecular formula is C2H2Br2Pd. The molecule has 0 unspecified atom stereocenters. The maximum absolute atomic E-state index is 3.39. The van der Waals surface area contributed by atoms with Crippen LogP contribution in [0, 0.1) is 0 Å². The second-order valence-corrected chi connectivity index (χ2v) is 3.32. The minimum atomic E-state index is 0. The van der Waals surface area contributed by atoms with E-state index in [1.165, 1.54) is 0 Å². The molecule has 0 aliphatic rings. The van der Waals surface area contributed by atoms with Gasteiger partial charge in [-0.3, -0.25) is 0 Å². The molecule has 0 aromatic heterocycles. The first-order valence-electron chi connectivity index (χ1n) is 0.732. The van der Waals surface area contributed by atoms with Crippen molar-refractivity contribution >= 4 is 31.9 Å². The second-order valence-electron chi connectivity index (χ2n) is 0.339. The summed E-state index contributed by atoms with van der Waals surface area (Å²) in [5.41, 5.74) is 0. The van der Waals surface area contributed by atoms with Crippen LogP contribution in [-0.4, -0.2) is 0 Å². The van der Waals surface area contributed by atoms with Gasteiger partial charge in [-0.2, -0.15) is 0 Å². The summed E-state index contributed by atoms with van der Waals surface area (Å²) < 4.78 is 0.792. The molecule has 0 amide bonds. The zero-order valence-electron chi connectivity index (χ0n) is 2.28. The van der Waals surface area contributed by atoms with Gasteiger partial charge in [0.05, 0.1) is 3.39 Å². The third-order valence-electron chi connectivity index (χ3n) is 0. The van der Waals surface area contributed by atoms with Gasteiger partial charge in [0.1, 0.15) is 0 Å². The Morgan fingerprint density at radius 2 is 1.40 bits per heavy atom. The first-order chi connectivity index (χ1) is 1.73. The molecule has 34 valence electrons. The molecule has 0 aliphatic carbocycles. The van der Waals surface area contributed by atoms with E-state index in [-0.39, 0.29) is 20.4 Å². The van der Waals surface area contributed by atoms with Crippen molar-refractivity contribution in [1.29, 1.82) is 0 Å². The zero-order chi connectivity index (χ0) is 3.58. The summed E-state index contributed by atoms with van der Waals surface area (Å²) in [5.74, 6) is 0. The van der Waals surface area contributed by atoms with Crippen molar-refractivity contribution < 1.29 is 20.4 Å². The summed E-state index contributed by atoms with van der Waals surface area (Å²) in [6.07, 6.45) is 0. The van der Waals surface area contributed by atoms with Gasteiger partial charge in [-0.15, -0.1) is 0 Å². The van der Waals surface area contributed by atoms with Gasteiger partial charge >= 0.3 is 0 Å². The molecule has 0 heterocycles. The van der Waals surface area contributed by atoms with Crippen molar-refractivity contribution in [3.05, 3.63) is 9.97 Å². The average Bonchev–Trinajstić information content (AvgIpc) is 0.811. The molecule has 0 spiro atoms. The maximum Gasteiger partial charge on any atom is 0.0532 e. The molecule has 0 fully saturated rings. The van der Waals surface area contributed by atoms with Crippen LogP contribution in [0.5, 0.6) is 0 Å². The maximum atomic E-state index is 3.39. The Morgan fingerprint density at radius 1 is 1.40 bits per heavy atom. The minimum Gasteiger partial charge on any atom is -0.0777 e. The zero-order valence-corrected chi connectivity index (χ0v) is 7.01. The van der Waals surface area contributed by atoms with Crippen LogP contribution >= 0.6 is 31.9 Å². The van der Waals surface area contributed by atoms with Crippen LogP contribution in [0.2, 0.25) is 0 Å². The summed E-state index contributed by atoms with van der Waals surface area (Å²) in [6, 6.07) is 0. The van der Waals surface area contributed by atoms with Crippen molar-refractivity contribution in [1.82, 2.24) is 0 Å². The van der Waals surface area contributed by atoms with Gasteiger partial charge in [-0.05, 0) is 31.9 Å². The molecule has 3 heteroatoms. The van der Waals surface area contributed by atoms with Crippen molar-refractivity contribution in [3.63, 3.8) is 0 Å². The molecular weight excluding hydrogens is 290 g/mol. The fourth-order valence-corrected chi connectivity index (χ4v) is 0. The summed E-state index contributed by atoms with van der Waals surface area (Å²) >= 11 is 5.99. The van der Waals surface area contributed by atoms with Crippen LogP contribution < -0.4 is 0 Å². The number of rotatable bonds is 0. The van der Waals surface area contributed by atoms with Gasteiger partial charge in [0.25, 0.3) is 0 Å². The quantitative estimate of drug-likeness (QED) is 0.601. The molecule has 0 saturated carbocycles. The number of hydrogen-bond acceptors (Lipinski definition) is 0. The van der Waals surface area contributed by atoms with Gasteiger partial charge in [0.15, 0.2) is 0 Å². The molecule has 0 bridgehead atoms. The Balaban J connectivity index is 0. The van der Waals surface area contributed by atoms with E-state index < -0.39 is 0 Å². The predicted octanol–water partition coefficient (Wildman–Crippen LogP) is 2.24. The topological polar surface area (TPSA) is 0 Å². The summed E-state index contributed by atoms with van der Waals surface area (Å²) in [4.78, 5) is 0. The van der Waals surface area contributed by atoms with Crippen LogP contribution in [0.15, 0.2) is 9.97 Å². The van der Waals surface area contributed by atoms with Crippen LogP contribution in [0.25, 0.3) is 0 Å². The van der Waals surface area contributed by atoms with Gasteiger partial charge in [0.2, 0.25) is 0 Å². The molecule has 0 nitrogen and oxygen atoms in total. The molecule has 0 saturated heterocycles. The fraction of sp³-hybridized carbons (Fsp3) is 0. The van der Waals surface area contributed by atoms with E-state index >= 15 is 0 Å². The molecule has 0 aromatic carbocycles. The number of halogens is 2. The molecule has 0 aromatic rings. The van der Waals surface area contributed by atoms with E-state index in [2.05, 4.69) is 38.4 Å². The van der Waals surface area contributed by atoms with Gasteiger partial charge < -0.3 is 0 Å². The third-order valence-corrected chi connectivity index (χ3v) is 0.